The van der Waals surface area contributed by atoms with E-state index in [1.807, 2.05) is 0 Å². The molecule has 0 saturated carbocycles. The predicted octanol–water partition coefficient (Wildman–Crippen LogP) is 8.40. The zero-order valence-electron chi connectivity index (χ0n) is 23.5. The lowest BCUT2D eigenvalue weighted by Crippen LogP contribution is -2.33. The summed E-state index contributed by atoms with van der Waals surface area (Å²) < 4.78 is 11.7. The topological polar surface area (TPSA) is 21.7 Å². The van der Waals surface area contributed by atoms with Crippen molar-refractivity contribution in [2.24, 2.45) is 5.92 Å². The third kappa shape index (κ3) is 8.18. The van der Waals surface area contributed by atoms with Crippen LogP contribution in [-0.2, 0) is 9.47 Å². The molecule has 3 heteroatoms. The fraction of sp³-hybridized carbons (Fsp3) is 0.471. The van der Waals surface area contributed by atoms with Crippen LogP contribution in [0.1, 0.15) is 70.9 Å². The Bertz CT molecular complexity index is 1000. The summed E-state index contributed by atoms with van der Waals surface area (Å²) in [6.45, 7) is 13.6. The van der Waals surface area contributed by atoms with E-state index in [-0.39, 0.29) is 0 Å². The van der Waals surface area contributed by atoms with Crippen molar-refractivity contribution in [3.05, 3.63) is 95.2 Å². The summed E-state index contributed by atoms with van der Waals surface area (Å²) in [7, 11) is 0. The van der Waals surface area contributed by atoms with E-state index in [1.54, 1.807) is 0 Å². The van der Waals surface area contributed by atoms with Crippen LogP contribution in [0.2, 0.25) is 0 Å². The number of allylic oxidation sites excluding steroid dienone is 3. The molecule has 37 heavy (non-hydrogen) atoms. The normalized spacial score (nSPS) is 16.8. The quantitative estimate of drug-likeness (QED) is 0.229. The molecule has 3 nitrogen and oxygen atoms in total. The van der Waals surface area contributed by atoms with Crippen LogP contribution in [0.3, 0.4) is 0 Å². The van der Waals surface area contributed by atoms with Gasteiger partial charge in [-0.3, -0.25) is 0 Å². The van der Waals surface area contributed by atoms with Gasteiger partial charge in [-0.15, -0.1) is 0 Å². The second-order valence-corrected chi connectivity index (χ2v) is 9.62. The largest absolute Gasteiger partial charge is 0.378 e. The number of benzene rings is 2. The van der Waals surface area contributed by atoms with Gasteiger partial charge in [-0.2, -0.15) is 0 Å². The molecule has 1 aliphatic rings. The molecule has 200 valence electrons. The highest BCUT2D eigenvalue weighted by atomic mass is 16.5. The van der Waals surface area contributed by atoms with Crippen molar-refractivity contribution in [3.8, 4) is 0 Å². The first-order valence-electron chi connectivity index (χ1n) is 14.4. The van der Waals surface area contributed by atoms with Crippen LogP contribution < -0.4 is 0 Å². The smallest absolute Gasteiger partial charge is 0.0656 e. The van der Waals surface area contributed by atoms with Crippen molar-refractivity contribution >= 4 is 11.1 Å². The first-order chi connectivity index (χ1) is 18.2. The van der Waals surface area contributed by atoms with Gasteiger partial charge in [-0.1, -0.05) is 86.7 Å². The van der Waals surface area contributed by atoms with Crippen molar-refractivity contribution in [3.63, 3.8) is 0 Å². The van der Waals surface area contributed by atoms with Gasteiger partial charge in [0.05, 0.1) is 13.2 Å². The van der Waals surface area contributed by atoms with Crippen molar-refractivity contribution < 1.29 is 9.47 Å². The Morgan fingerprint density at radius 1 is 0.784 bits per heavy atom. The highest BCUT2D eigenvalue weighted by Crippen LogP contribution is 2.45. The van der Waals surface area contributed by atoms with Gasteiger partial charge in [0, 0.05) is 37.9 Å². The van der Waals surface area contributed by atoms with E-state index in [9.17, 15) is 0 Å². The second kappa shape index (κ2) is 16.3. The number of hydrogen-bond acceptors (Lipinski definition) is 3. The van der Waals surface area contributed by atoms with Crippen LogP contribution >= 0.6 is 0 Å². The van der Waals surface area contributed by atoms with Gasteiger partial charge < -0.3 is 14.4 Å². The monoisotopic (exact) mass is 501 g/mol. The average Bonchev–Trinajstić information content (AvgIpc) is 2.94. The highest BCUT2D eigenvalue weighted by molar-refractivity contribution is 5.82. The summed E-state index contributed by atoms with van der Waals surface area (Å²) in [4.78, 5) is 2.69. The zero-order chi connectivity index (χ0) is 26.3. The van der Waals surface area contributed by atoms with Gasteiger partial charge >= 0.3 is 0 Å². The molecule has 0 spiro atoms. The van der Waals surface area contributed by atoms with Crippen LogP contribution in [0.4, 0.5) is 0 Å². The fourth-order valence-electron chi connectivity index (χ4n) is 5.49. The Hall–Kier alpha value is -2.62. The maximum absolute atomic E-state index is 5.84. The Labute approximate surface area is 225 Å². The van der Waals surface area contributed by atoms with E-state index >= 15 is 0 Å². The molecule has 0 aromatic heterocycles. The van der Waals surface area contributed by atoms with Crippen LogP contribution in [0.5, 0.6) is 0 Å². The van der Waals surface area contributed by atoms with Gasteiger partial charge in [0.1, 0.15) is 0 Å². The van der Waals surface area contributed by atoms with E-state index in [4.69, 9.17) is 9.47 Å². The van der Waals surface area contributed by atoms with Crippen LogP contribution in [0.25, 0.3) is 11.1 Å². The number of hydrogen-bond donors (Lipinski definition) is 0. The fourth-order valence-corrected chi connectivity index (χ4v) is 5.49. The average molecular weight is 502 g/mol. The summed E-state index contributed by atoms with van der Waals surface area (Å²) >= 11 is 0. The van der Waals surface area contributed by atoms with Crippen molar-refractivity contribution in [1.29, 1.82) is 0 Å². The van der Waals surface area contributed by atoms with E-state index in [1.165, 1.54) is 40.0 Å². The molecule has 0 amide bonds. The molecule has 0 saturated heterocycles. The number of rotatable bonds is 15. The van der Waals surface area contributed by atoms with Gasteiger partial charge in [0.15, 0.2) is 0 Å². The molecule has 1 aliphatic carbocycles. The van der Waals surface area contributed by atoms with Crippen LogP contribution in [0, 0.1) is 5.92 Å². The summed E-state index contributed by atoms with van der Waals surface area (Å²) in [6.07, 6.45) is 10.4. The SMILES string of the molecule is CCCN(CCC)C1=C(/C(=C\COCC)c2ccccc2)CCCC1/C(=C\COCC)c1ccccc1. The molecule has 0 heterocycles. The molecule has 0 N–H and O–H groups in total. The Morgan fingerprint density at radius 3 is 1.92 bits per heavy atom. The number of ether oxygens (including phenoxy) is 2. The molecule has 0 bridgehead atoms. The Balaban J connectivity index is 2.24. The number of nitrogens with zero attached hydrogens (tertiary/aromatic N) is 1. The minimum atomic E-state index is 0.337. The maximum Gasteiger partial charge on any atom is 0.0656 e. The first-order valence-corrected chi connectivity index (χ1v) is 14.4. The lowest BCUT2D eigenvalue weighted by molar-refractivity contribution is 0.177. The Kier molecular flexibility index (Phi) is 12.7. The molecule has 1 atom stereocenters. The van der Waals surface area contributed by atoms with Crippen molar-refractivity contribution in [2.45, 2.75) is 59.8 Å². The molecule has 2 aromatic rings. The summed E-state index contributed by atoms with van der Waals surface area (Å²) in [5.74, 6) is 0.337. The lowest BCUT2D eigenvalue weighted by Gasteiger charge is -2.39. The maximum atomic E-state index is 5.84. The molecule has 2 aromatic carbocycles. The molecule has 3 rings (SSSR count). The molecule has 1 unspecified atom stereocenters. The van der Waals surface area contributed by atoms with Gasteiger partial charge in [-0.25, -0.2) is 0 Å². The van der Waals surface area contributed by atoms with Crippen LogP contribution in [0.15, 0.2) is 84.1 Å². The highest BCUT2D eigenvalue weighted by Gasteiger charge is 2.31. The third-order valence-electron chi connectivity index (χ3n) is 7.01. The summed E-state index contributed by atoms with van der Waals surface area (Å²) in [6, 6.07) is 21.8. The standard InChI is InChI=1S/C34H47NO2/c1-5-24-35(25-6-2)34-32(30(22-26-36-7-3)28-16-11-9-12-17-28)20-15-21-33(34)31(23-27-37-8-4)29-18-13-10-14-19-29/h9-14,16-19,22-23,32H,5-8,15,20-21,24-27H2,1-4H3/b30-22-,31-23-. The van der Waals surface area contributed by atoms with Crippen molar-refractivity contribution in [1.82, 2.24) is 4.90 Å². The molecule has 0 aliphatic heterocycles. The molecular formula is C34H47NO2. The minimum Gasteiger partial charge on any atom is -0.378 e. The predicted molar refractivity (Wildman–Crippen MR) is 158 cm³/mol. The Morgan fingerprint density at radius 2 is 1.35 bits per heavy atom. The van der Waals surface area contributed by atoms with E-state index < -0.39 is 0 Å². The molecule has 0 radical (unpaired) electrons. The molecular weight excluding hydrogens is 454 g/mol. The van der Waals surface area contributed by atoms with E-state index in [0.29, 0.717) is 19.1 Å². The summed E-state index contributed by atoms with van der Waals surface area (Å²) in [5.41, 5.74) is 8.32. The van der Waals surface area contributed by atoms with Gasteiger partial charge in [0.25, 0.3) is 0 Å². The molecule has 0 fully saturated rings. The van der Waals surface area contributed by atoms with E-state index in [2.05, 4.69) is 105 Å². The van der Waals surface area contributed by atoms with Gasteiger partial charge in [-0.05, 0) is 73.8 Å². The minimum absolute atomic E-state index is 0.337. The van der Waals surface area contributed by atoms with Gasteiger partial charge in [0.2, 0.25) is 0 Å². The second-order valence-electron chi connectivity index (χ2n) is 9.62. The van der Waals surface area contributed by atoms with Crippen LogP contribution in [-0.4, -0.2) is 44.4 Å². The lowest BCUT2D eigenvalue weighted by atomic mass is 9.76. The third-order valence-corrected chi connectivity index (χ3v) is 7.01. The van der Waals surface area contributed by atoms with Crippen molar-refractivity contribution in [2.75, 3.05) is 39.5 Å². The summed E-state index contributed by atoms with van der Waals surface area (Å²) in [5, 5.41) is 0. The van der Waals surface area contributed by atoms with E-state index in [0.717, 1.165) is 52.0 Å². The zero-order valence-corrected chi connectivity index (χ0v) is 23.5. The first kappa shape index (κ1) is 28.9.